The Morgan fingerprint density at radius 1 is 0.842 bits per heavy atom. The van der Waals surface area contributed by atoms with Crippen molar-refractivity contribution in [3.05, 3.63) is 62.1 Å². The van der Waals surface area contributed by atoms with Crippen molar-refractivity contribution in [3.63, 3.8) is 0 Å². The lowest BCUT2D eigenvalue weighted by atomic mass is 10.2. The lowest BCUT2D eigenvalue weighted by Crippen LogP contribution is -1.92. The number of halogens is 4. The summed E-state index contributed by atoms with van der Waals surface area (Å²) in [7, 11) is 0. The number of anilines is 1. The van der Waals surface area contributed by atoms with E-state index in [1.165, 1.54) is 0 Å². The van der Waals surface area contributed by atoms with E-state index in [0.717, 1.165) is 0 Å². The minimum Gasteiger partial charge on any atom is -0.278 e. The molecule has 2 nitrogen and oxygen atoms in total. The number of hydrogen-bond donors (Lipinski definition) is 1. The highest BCUT2D eigenvalue weighted by molar-refractivity contribution is 6.42. The molecular formula is C13H8Cl4N2. The standard InChI is InChI=1S/C13H8Cl4N2/c14-10-2-1-3-11(15)9(10)7-18-19-8-4-5-12(16)13(17)6-8/h1-7,19H. The van der Waals surface area contributed by atoms with Crippen LogP contribution in [0, 0.1) is 0 Å². The molecule has 0 radical (unpaired) electrons. The second kappa shape index (κ2) is 6.49. The highest BCUT2D eigenvalue weighted by atomic mass is 35.5. The number of nitrogens with zero attached hydrogens (tertiary/aromatic N) is 1. The maximum absolute atomic E-state index is 6.02. The third-order valence-corrected chi connectivity index (χ3v) is 3.70. The first-order valence-electron chi connectivity index (χ1n) is 5.26. The van der Waals surface area contributed by atoms with E-state index in [1.807, 2.05) is 0 Å². The van der Waals surface area contributed by atoms with Crippen LogP contribution in [0.4, 0.5) is 5.69 Å². The van der Waals surface area contributed by atoms with Crippen molar-refractivity contribution in [1.29, 1.82) is 0 Å². The topological polar surface area (TPSA) is 24.4 Å². The third kappa shape index (κ3) is 3.77. The molecule has 2 aromatic rings. The number of nitrogens with one attached hydrogen (secondary N) is 1. The zero-order valence-corrected chi connectivity index (χ0v) is 12.5. The van der Waals surface area contributed by atoms with Crippen LogP contribution in [0.25, 0.3) is 0 Å². The molecular weight excluding hydrogens is 326 g/mol. The van der Waals surface area contributed by atoms with Gasteiger partial charge >= 0.3 is 0 Å². The fourth-order valence-electron chi connectivity index (χ4n) is 1.37. The summed E-state index contributed by atoms with van der Waals surface area (Å²) in [6, 6.07) is 10.4. The van der Waals surface area contributed by atoms with Gasteiger partial charge in [0, 0.05) is 5.56 Å². The molecule has 2 aromatic carbocycles. The van der Waals surface area contributed by atoms with E-state index >= 15 is 0 Å². The molecule has 0 heterocycles. The Bertz CT molecular complexity index is 606. The molecule has 0 saturated carbocycles. The van der Waals surface area contributed by atoms with Gasteiger partial charge in [0.1, 0.15) is 0 Å². The number of benzene rings is 2. The molecule has 98 valence electrons. The molecule has 0 aliphatic heterocycles. The van der Waals surface area contributed by atoms with E-state index in [4.69, 9.17) is 46.4 Å². The Kier molecular flexibility index (Phi) is 4.94. The van der Waals surface area contributed by atoms with Crippen molar-refractivity contribution < 1.29 is 0 Å². The van der Waals surface area contributed by atoms with Gasteiger partial charge in [0.05, 0.1) is 32.0 Å². The van der Waals surface area contributed by atoms with Crippen molar-refractivity contribution in [2.45, 2.75) is 0 Å². The molecule has 0 unspecified atom stereocenters. The predicted octanol–water partition coefficient (Wildman–Crippen LogP) is 5.75. The van der Waals surface area contributed by atoms with Crippen molar-refractivity contribution in [3.8, 4) is 0 Å². The summed E-state index contributed by atoms with van der Waals surface area (Å²) in [6.07, 6.45) is 1.55. The van der Waals surface area contributed by atoms with Gasteiger partial charge < -0.3 is 0 Å². The summed E-state index contributed by atoms with van der Waals surface area (Å²) in [5, 5.41) is 6.07. The lowest BCUT2D eigenvalue weighted by Gasteiger charge is -2.03. The van der Waals surface area contributed by atoms with Crippen LogP contribution in [0.2, 0.25) is 20.1 Å². The van der Waals surface area contributed by atoms with Crippen LogP contribution in [0.1, 0.15) is 5.56 Å². The Morgan fingerprint density at radius 2 is 1.53 bits per heavy atom. The maximum Gasteiger partial charge on any atom is 0.0613 e. The van der Waals surface area contributed by atoms with Gasteiger partial charge in [-0.1, -0.05) is 52.5 Å². The van der Waals surface area contributed by atoms with Crippen LogP contribution in [-0.4, -0.2) is 6.21 Å². The van der Waals surface area contributed by atoms with Gasteiger partial charge in [-0.25, -0.2) is 0 Å². The quantitative estimate of drug-likeness (QED) is 0.561. The molecule has 0 saturated heterocycles. The van der Waals surface area contributed by atoms with Gasteiger partial charge in [-0.3, -0.25) is 5.43 Å². The predicted molar refractivity (Wildman–Crippen MR) is 84.1 cm³/mol. The fourth-order valence-corrected chi connectivity index (χ4v) is 2.16. The van der Waals surface area contributed by atoms with Gasteiger partial charge in [-0.05, 0) is 30.3 Å². The lowest BCUT2D eigenvalue weighted by molar-refractivity contribution is 1.35. The molecule has 0 aliphatic rings. The van der Waals surface area contributed by atoms with Gasteiger partial charge in [-0.2, -0.15) is 5.10 Å². The van der Waals surface area contributed by atoms with E-state index in [2.05, 4.69) is 10.5 Å². The first-order valence-corrected chi connectivity index (χ1v) is 6.77. The monoisotopic (exact) mass is 332 g/mol. The zero-order chi connectivity index (χ0) is 13.8. The van der Waals surface area contributed by atoms with Crippen LogP contribution >= 0.6 is 46.4 Å². The molecule has 1 N–H and O–H groups in total. The fraction of sp³-hybridized carbons (Fsp3) is 0. The Hall–Kier alpha value is -0.930. The molecule has 0 spiro atoms. The maximum atomic E-state index is 6.02. The van der Waals surface area contributed by atoms with Crippen molar-refractivity contribution >= 4 is 58.3 Å². The smallest absolute Gasteiger partial charge is 0.0613 e. The Morgan fingerprint density at radius 3 is 2.16 bits per heavy atom. The highest BCUT2D eigenvalue weighted by Gasteiger charge is 2.02. The summed E-state index contributed by atoms with van der Waals surface area (Å²) in [5.74, 6) is 0. The van der Waals surface area contributed by atoms with Crippen LogP contribution < -0.4 is 5.43 Å². The summed E-state index contributed by atoms with van der Waals surface area (Å²) in [6.45, 7) is 0. The first kappa shape index (κ1) is 14.5. The molecule has 2 rings (SSSR count). The molecule has 0 bridgehead atoms. The van der Waals surface area contributed by atoms with Crippen molar-refractivity contribution in [2.24, 2.45) is 5.10 Å². The van der Waals surface area contributed by atoms with Crippen LogP contribution in [-0.2, 0) is 0 Å². The second-order valence-electron chi connectivity index (χ2n) is 3.63. The molecule has 0 fully saturated rings. The molecule has 0 aromatic heterocycles. The summed E-state index contributed by atoms with van der Waals surface area (Å²) >= 11 is 23.7. The second-order valence-corrected chi connectivity index (χ2v) is 5.26. The summed E-state index contributed by atoms with van der Waals surface area (Å²) in [5.41, 5.74) is 4.19. The molecule has 0 aliphatic carbocycles. The molecule has 19 heavy (non-hydrogen) atoms. The number of rotatable bonds is 3. The van der Waals surface area contributed by atoms with Gasteiger partial charge in [0.15, 0.2) is 0 Å². The van der Waals surface area contributed by atoms with Crippen LogP contribution in [0.5, 0.6) is 0 Å². The summed E-state index contributed by atoms with van der Waals surface area (Å²) in [4.78, 5) is 0. The van der Waals surface area contributed by atoms with E-state index in [1.54, 1.807) is 42.6 Å². The SMILES string of the molecule is Clc1ccc(NN=Cc2c(Cl)cccc2Cl)cc1Cl. The minimum absolute atomic E-state index is 0.456. The average Bonchev–Trinajstić information content (AvgIpc) is 2.37. The Balaban J connectivity index is 2.13. The van der Waals surface area contributed by atoms with E-state index in [9.17, 15) is 0 Å². The summed E-state index contributed by atoms with van der Waals surface area (Å²) < 4.78 is 0. The largest absolute Gasteiger partial charge is 0.278 e. The van der Waals surface area contributed by atoms with E-state index in [0.29, 0.717) is 31.3 Å². The van der Waals surface area contributed by atoms with Gasteiger partial charge in [-0.15, -0.1) is 0 Å². The van der Waals surface area contributed by atoms with E-state index in [-0.39, 0.29) is 0 Å². The Labute approximate surface area is 130 Å². The minimum atomic E-state index is 0.456. The number of hydrazone groups is 1. The first-order chi connectivity index (χ1) is 9.08. The number of hydrogen-bond acceptors (Lipinski definition) is 2. The third-order valence-electron chi connectivity index (χ3n) is 2.31. The van der Waals surface area contributed by atoms with Crippen LogP contribution in [0.15, 0.2) is 41.5 Å². The van der Waals surface area contributed by atoms with Crippen molar-refractivity contribution in [1.82, 2.24) is 0 Å². The van der Waals surface area contributed by atoms with E-state index < -0.39 is 0 Å². The normalized spacial score (nSPS) is 10.9. The average molecular weight is 334 g/mol. The van der Waals surface area contributed by atoms with Crippen molar-refractivity contribution in [2.75, 3.05) is 5.43 Å². The van der Waals surface area contributed by atoms with Gasteiger partial charge in [0.25, 0.3) is 0 Å². The van der Waals surface area contributed by atoms with Crippen LogP contribution in [0.3, 0.4) is 0 Å². The molecule has 6 heteroatoms. The van der Waals surface area contributed by atoms with Gasteiger partial charge in [0.2, 0.25) is 0 Å². The molecule has 0 atom stereocenters. The molecule has 0 amide bonds. The zero-order valence-electron chi connectivity index (χ0n) is 9.50. The highest BCUT2D eigenvalue weighted by Crippen LogP contribution is 2.25.